The van der Waals surface area contributed by atoms with Crippen LogP contribution in [0.2, 0.25) is 0 Å². The fraction of sp³-hybridized carbons (Fsp3) is 0.462. The Morgan fingerprint density at radius 1 is 1.59 bits per heavy atom. The summed E-state index contributed by atoms with van der Waals surface area (Å²) in [6.45, 7) is 0.967. The first-order valence-corrected chi connectivity index (χ1v) is 5.76. The van der Waals surface area contributed by atoms with Gasteiger partial charge in [0.05, 0.1) is 19.6 Å². The minimum absolute atomic E-state index is 0.169. The lowest BCUT2D eigenvalue weighted by molar-refractivity contribution is 0.367. The SMILES string of the molecule is COc1cc(CC#N)cc([C@H]2CCCN2)c1O. The van der Waals surface area contributed by atoms with Crippen molar-refractivity contribution >= 4 is 0 Å². The highest BCUT2D eigenvalue weighted by molar-refractivity contribution is 5.50. The van der Waals surface area contributed by atoms with Crippen molar-refractivity contribution in [2.45, 2.75) is 25.3 Å². The summed E-state index contributed by atoms with van der Waals surface area (Å²) < 4.78 is 5.15. The van der Waals surface area contributed by atoms with E-state index in [1.54, 1.807) is 6.07 Å². The number of nitriles is 1. The van der Waals surface area contributed by atoms with Crippen LogP contribution < -0.4 is 10.1 Å². The summed E-state index contributed by atoms with van der Waals surface area (Å²) in [4.78, 5) is 0. The summed E-state index contributed by atoms with van der Waals surface area (Å²) in [6, 6.07) is 5.90. The van der Waals surface area contributed by atoms with Crippen molar-refractivity contribution in [3.8, 4) is 17.6 Å². The molecule has 0 saturated carbocycles. The molecular weight excluding hydrogens is 216 g/mol. The lowest BCUT2D eigenvalue weighted by Crippen LogP contribution is -2.13. The van der Waals surface area contributed by atoms with Crippen LogP contribution in [0.3, 0.4) is 0 Å². The Hall–Kier alpha value is -1.73. The molecule has 1 atom stereocenters. The van der Waals surface area contributed by atoms with Gasteiger partial charge in [0.1, 0.15) is 0 Å². The average molecular weight is 232 g/mol. The summed E-state index contributed by atoms with van der Waals surface area (Å²) in [6.07, 6.45) is 2.44. The van der Waals surface area contributed by atoms with E-state index in [9.17, 15) is 5.11 Å². The number of nitrogens with zero attached hydrogens (tertiary/aromatic N) is 1. The van der Waals surface area contributed by atoms with Crippen LogP contribution in [0.15, 0.2) is 12.1 Å². The maximum Gasteiger partial charge on any atom is 0.162 e. The van der Waals surface area contributed by atoms with Crippen molar-refractivity contribution in [3.63, 3.8) is 0 Å². The molecule has 2 N–H and O–H groups in total. The number of rotatable bonds is 3. The molecule has 2 rings (SSSR count). The second-order valence-corrected chi connectivity index (χ2v) is 4.22. The van der Waals surface area contributed by atoms with Crippen LogP contribution in [0, 0.1) is 11.3 Å². The van der Waals surface area contributed by atoms with E-state index < -0.39 is 0 Å². The Bertz CT molecular complexity index is 445. The van der Waals surface area contributed by atoms with E-state index in [1.807, 2.05) is 6.07 Å². The van der Waals surface area contributed by atoms with Crippen molar-refractivity contribution < 1.29 is 9.84 Å². The zero-order valence-electron chi connectivity index (χ0n) is 9.86. The van der Waals surface area contributed by atoms with Crippen LogP contribution in [0.25, 0.3) is 0 Å². The standard InChI is InChI=1S/C13H16N2O2/c1-17-12-8-9(4-5-14)7-10(13(12)16)11-3-2-6-15-11/h7-8,11,15-16H,2-4,6H2,1H3/t11-/m1/s1. The Kier molecular flexibility index (Phi) is 3.50. The molecule has 1 aromatic rings. The van der Waals surface area contributed by atoms with E-state index >= 15 is 0 Å². The fourth-order valence-corrected chi connectivity index (χ4v) is 2.25. The zero-order valence-corrected chi connectivity index (χ0v) is 9.86. The number of phenols is 1. The quantitative estimate of drug-likeness (QED) is 0.835. The molecule has 1 fully saturated rings. The van der Waals surface area contributed by atoms with Crippen molar-refractivity contribution in [3.05, 3.63) is 23.3 Å². The predicted octanol–water partition coefficient (Wildman–Crippen LogP) is 1.89. The van der Waals surface area contributed by atoms with Gasteiger partial charge in [0.25, 0.3) is 0 Å². The molecule has 0 aliphatic carbocycles. The first kappa shape index (κ1) is 11.7. The molecule has 4 heteroatoms. The molecule has 17 heavy (non-hydrogen) atoms. The zero-order chi connectivity index (χ0) is 12.3. The monoisotopic (exact) mass is 232 g/mol. The molecule has 0 spiro atoms. The van der Waals surface area contributed by atoms with Gasteiger partial charge < -0.3 is 15.2 Å². The second kappa shape index (κ2) is 5.07. The van der Waals surface area contributed by atoms with E-state index in [1.165, 1.54) is 7.11 Å². The van der Waals surface area contributed by atoms with E-state index in [2.05, 4.69) is 11.4 Å². The van der Waals surface area contributed by atoms with Gasteiger partial charge >= 0.3 is 0 Å². The molecule has 0 radical (unpaired) electrons. The minimum atomic E-state index is 0.169. The molecule has 0 amide bonds. The first-order chi connectivity index (χ1) is 8.26. The topological polar surface area (TPSA) is 65.3 Å². The average Bonchev–Trinajstić information content (AvgIpc) is 2.85. The Morgan fingerprint density at radius 2 is 2.41 bits per heavy atom. The summed E-state index contributed by atoms with van der Waals surface area (Å²) in [5.74, 6) is 0.634. The van der Waals surface area contributed by atoms with E-state index in [0.717, 1.165) is 30.5 Å². The van der Waals surface area contributed by atoms with Gasteiger partial charge in [-0.15, -0.1) is 0 Å². The summed E-state index contributed by atoms with van der Waals surface area (Å²) >= 11 is 0. The molecule has 1 aromatic carbocycles. The van der Waals surface area contributed by atoms with Crippen LogP contribution in [0.4, 0.5) is 0 Å². The number of phenolic OH excluding ortho intramolecular Hbond substituents is 1. The molecule has 1 heterocycles. The molecule has 0 aromatic heterocycles. The molecule has 4 nitrogen and oxygen atoms in total. The van der Waals surface area contributed by atoms with E-state index in [0.29, 0.717) is 12.2 Å². The molecule has 1 saturated heterocycles. The lowest BCUT2D eigenvalue weighted by atomic mass is 9.99. The number of hydrogen-bond donors (Lipinski definition) is 2. The Balaban J connectivity index is 2.41. The van der Waals surface area contributed by atoms with E-state index in [-0.39, 0.29) is 11.8 Å². The van der Waals surface area contributed by atoms with Gasteiger partial charge in [-0.1, -0.05) is 0 Å². The number of hydrogen-bond acceptors (Lipinski definition) is 4. The van der Waals surface area contributed by atoms with Gasteiger partial charge in [-0.25, -0.2) is 0 Å². The number of aromatic hydroxyl groups is 1. The van der Waals surface area contributed by atoms with Gasteiger partial charge in [0.2, 0.25) is 0 Å². The maximum atomic E-state index is 10.1. The number of nitrogens with one attached hydrogen (secondary N) is 1. The summed E-state index contributed by atoms with van der Waals surface area (Å²) in [5.41, 5.74) is 1.72. The van der Waals surface area contributed by atoms with Gasteiger partial charge in [-0.05, 0) is 37.1 Å². The van der Waals surface area contributed by atoms with Crippen LogP contribution in [-0.4, -0.2) is 18.8 Å². The molecule has 1 aliphatic rings. The van der Waals surface area contributed by atoms with Crippen molar-refractivity contribution in [2.75, 3.05) is 13.7 Å². The number of benzene rings is 1. The molecule has 0 unspecified atom stereocenters. The van der Waals surface area contributed by atoms with Gasteiger partial charge in [-0.2, -0.15) is 5.26 Å². The molecule has 1 aliphatic heterocycles. The van der Waals surface area contributed by atoms with Gasteiger partial charge in [0.15, 0.2) is 11.5 Å². The molecule has 90 valence electrons. The Labute approximate surface area is 101 Å². The maximum absolute atomic E-state index is 10.1. The number of methoxy groups -OCH3 is 1. The minimum Gasteiger partial charge on any atom is -0.504 e. The number of ether oxygens (including phenoxy) is 1. The van der Waals surface area contributed by atoms with Crippen molar-refractivity contribution in [1.29, 1.82) is 5.26 Å². The van der Waals surface area contributed by atoms with Crippen molar-refractivity contribution in [1.82, 2.24) is 5.32 Å². The Morgan fingerprint density at radius 3 is 3.00 bits per heavy atom. The molecule has 0 bridgehead atoms. The van der Waals surface area contributed by atoms with Crippen molar-refractivity contribution in [2.24, 2.45) is 0 Å². The highest BCUT2D eigenvalue weighted by atomic mass is 16.5. The van der Waals surface area contributed by atoms with Crippen LogP contribution in [-0.2, 0) is 6.42 Å². The third-order valence-electron chi connectivity index (χ3n) is 3.10. The summed E-state index contributed by atoms with van der Waals surface area (Å²) in [5, 5.41) is 22.2. The van der Waals surface area contributed by atoms with Gasteiger partial charge in [0, 0.05) is 11.6 Å². The second-order valence-electron chi connectivity index (χ2n) is 4.22. The first-order valence-electron chi connectivity index (χ1n) is 5.76. The predicted molar refractivity (Wildman–Crippen MR) is 64.0 cm³/mol. The normalized spacial score (nSPS) is 18.9. The highest BCUT2D eigenvalue weighted by Gasteiger charge is 2.22. The highest BCUT2D eigenvalue weighted by Crippen LogP contribution is 2.38. The largest absolute Gasteiger partial charge is 0.504 e. The van der Waals surface area contributed by atoms with Crippen LogP contribution in [0.5, 0.6) is 11.5 Å². The lowest BCUT2D eigenvalue weighted by Gasteiger charge is -2.16. The fourth-order valence-electron chi connectivity index (χ4n) is 2.25. The van der Waals surface area contributed by atoms with Gasteiger partial charge in [-0.3, -0.25) is 0 Å². The third-order valence-corrected chi connectivity index (χ3v) is 3.10. The van der Waals surface area contributed by atoms with E-state index in [4.69, 9.17) is 10.00 Å². The van der Waals surface area contributed by atoms with Crippen LogP contribution in [0.1, 0.15) is 30.0 Å². The summed E-state index contributed by atoms with van der Waals surface area (Å²) in [7, 11) is 1.52. The molecular formula is C13H16N2O2. The van der Waals surface area contributed by atoms with Crippen LogP contribution >= 0.6 is 0 Å². The smallest absolute Gasteiger partial charge is 0.162 e. The third kappa shape index (κ3) is 2.34.